The van der Waals surface area contributed by atoms with E-state index < -0.39 is 14.9 Å². The van der Waals surface area contributed by atoms with Crippen molar-refractivity contribution in [3.8, 4) is 0 Å². The van der Waals surface area contributed by atoms with Gasteiger partial charge in [0, 0.05) is 0 Å². The molecule has 0 aliphatic carbocycles. The van der Waals surface area contributed by atoms with Crippen LogP contribution in [0.2, 0.25) is 0 Å². The Morgan fingerprint density at radius 1 is 0.941 bits per heavy atom. The Kier molecular flexibility index (Phi) is 2.79. The third-order valence-corrected chi connectivity index (χ3v) is 8.91. The maximum Gasteiger partial charge on any atom is 0.278 e. The first-order valence-corrected chi connectivity index (χ1v) is 9.52. The highest BCUT2D eigenvalue weighted by Crippen LogP contribution is 2.63. The van der Waals surface area contributed by atoms with Gasteiger partial charge in [0.15, 0.2) is 0 Å². The Morgan fingerprint density at radius 3 is 1.76 bits per heavy atom. The smallest absolute Gasteiger partial charge is 0.267 e. The van der Waals surface area contributed by atoms with Gasteiger partial charge in [0.1, 0.15) is 14.9 Å². The maximum absolute atomic E-state index is 12.2. The van der Waals surface area contributed by atoms with Crippen LogP contribution < -0.4 is 11.1 Å². The topological polar surface area (TPSA) is 44.0 Å². The van der Waals surface area contributed by atoms with Gasteiger partial charge in [-0.1, -0.05) is 34.6 Å². The number of hydrogen-bond donors (Lipinski definition) is 0. The van der Waals surface area contributed by atoms with Crippen molar-refractivity contribution in [3.05, 3.63) is 45.0 Å². The van der Waals surface area contributed by atoms with Crippen molar-refractivity contribution >= 4 is 48.1 Å². The van der Waals surface area contributed by atoms with E-state index in [1.807, 2.05) is 0 Å². The summed E-state index contributed by atoms with van der Waals surface area (Å²) in [5.41, 5.74) is -0.459. The second kappa shape index (κ2) is 4.07. The molecule has 0 saturated heterocycles. The summed E-state index contributed by atoms with van der Waals surface area (Å²) in [6.45, 7) is 0. The van der Waals surface area contributed by atoms with Gasteiger partial charge in [0.2, 0.25) is 0 Å². The Hall–Kier alpha value is -0.400. The normalized spacial score (nSPS) is 22.9. The van der Waals surface area contributed by atoms with E-state index >= 15 is 0 Å². The second-order valence-corrected chi connectivity index (χ2v) is 9.13. The first-order chi connectivity index (χ1) is 8.11. The molecule has 2 aromatic rings. The zero-order valence-electron chi connectivity index (χ0n) is 8.38. The van der Waals surface area contributed by atoms with Crippen molar-refractivity contribution in [2.75, 3.05) is 5.90 Å². The molecule has 0 saturated carbocycles. The van der Waals surface area contributed by atoms with Crippen molar-refractivity contribution in [1.82, 2.24) is 8.90 Å². The molecule has 0 radical (unpaired) electrons. The van der Waals surface area contributed by atoms with Crippen molar-refractivity contribution < 1.29 is 0 Å². The first-order valence-electron chi connectivity index (χ1n) is 4.75. The molecule has 1 aliphatic rings. The highest BCUT2D eigenvalue weighted by molar-refractivity contribution is 7.98. The maximum atomic E-state index is 12.2. The van der Waals surface area contributed by atoms with Gasteiger partial charge in [-0.15, -0.1) is 0 Å². The quantitative estimate of drug-likeness (QED) is 0.702. The molecule has 1 aliphatic heterocycles. The van der Waals surface area contributed by atoms with Crippen LogP contribution in [0, 0.1) is 0 Å². The number of halogens is 2. The Labute approximate surface area is 108 Å². The molecule has 1 aromatic carbocycles. The molecule has 0 amide bonds. The number of aromatic nitrogens is 2. The van der Waals surface area contributed by atoms with E-state index in [2.05, 4.69) is 0 Å². The molecule has 0 unspecified atom stereocenters. The highest BCUT2D eigenvalue weighted by atomic mass is 35.7. The number of fused-ring (bicyclic) bond motifs is 2. The zero-order valence-corrected chi connectivity index (χ0v) is 11.7. The molecule has 2 atom stereocenters. The van der Waals surface area contributed by atoms with Gasteiger partial charge < -0.3 is 0 Å². The lowest BCUT2D eigenvalue weighted by atomic mass is 10.2. The summed E-state index contributed by atoms with van der Waals surface area (Å²) in [5, 5.41) is 0.813. The lowest BCUT2D eigenvalue weighted by molar-refractivity contribution is 0.844. The lowest BCUT2D eigenvalue weighted by Crippen LogP contribution is -2.30. The second-order valence-electron chi connectivity index (χ2n) is 3.55. The van der Waals surface area contributed by atoms with Gasteiger partial charge in [0.05, 0.1) is 16.7 Å². The van der Waals surface area contributed by atoms with Gasteiger partial charge >= 0.3 is 0 Å². The van der Waals surface area contributed by atoms with E-state index in [9.17, 15) is 9.59 Å². The molecule has 17 heavy (non-hydrogen) atoms. The predicted octanol–water partition coefficient (Wildman–Crippen LogP) is 2.93. The van der Waals surface area contributed by atoms with E-state index in [1.165, 1.54) is 8.90 Å². The molecule has 0 bridgehead atoms. The minimum Gasteiger partial charge on any atom is -0.267 e. The fraction of sp³-hybridized carbons (Fsp3) is 0.111. The van der Waals surface area contributed by atoms with Crippen LogP contribution in [0.15, 0.2) is 33.9 Å². The predicted molar refractivity (Wildman–Crippen MR) is 73.7 cm³/mol. The molecule has 8 heteroatoms. The third-order valence-electron chi connectivity index (χ3n) is 2.58. The van der Waals surface area contributed by atoms with Crippen molar-refractivity contribution in [3.63, 3.8) is 0 Å². The average molecular weight is 307 g/mol. The van der Waals surface area contributed by atoms with Crippen LogP contribution in [0.1, 0.15) is 0 Å². The Morgan fingerprint density at radius 2 is 1.35 bits per heavy atom. The van der Waals surface area contributed by atoms with Crippen molar-refractivity contribution in [1.29, 1.82) is 0 Å². The van der Waals surface area contributed by atoms with Gasteiger partial charge in [-0.25, -0.2) is 8.90 Å². The summed E-state index contributed by atoms with van der Waals surface area (Å²) in [6, 6.07) is 6.75. The van der Waals surface area contributed by atoms with E-state index in [0.717, 1.165) is 0 Å². The van der Waals surface area contributed by atoms with Crippen LogP contribution in [0.3, 0.4) is 0 Å². The molecular weight excluding hydrogens is 301 g/mol. The first kappa shape index (κ1) is 11.7. The average Bonchev–Trinajstić information content (AvgIpc) is 2.62. The van der Waals surface area contributed by atoms with Crippen LogP contribution in [0.5, 0.6) is 0 Å². The molecule has 0 N–H and O–H groups in total. The Balaban J connectivity index is 2.58. The third kappa shape index (κ3) is 1.59. The molecule has 3 rings (SSSR count). The summed E-state index contributed by atoms with van der Waals surface area (Å²) in [6.07, 6.45) is 0. The summed E-state index contributed by atoms with van der Waals surface area (Å²) in [4.78, 5) is 24.4. The fourth-order valence-electron chi connectivity index (χ4n) is 1.84. The zero-order chi connectivity index (χ0) is 12.2. The van der Waals surface area contributed by atoms with Crippen molar-refractivity contribution in [2.45, 2.75) is 0 Å². The monoisotopic (exact) mass is 306 g/mol. The SMILES string of the molecule is O=c1c2ccccc2c(=O)n2n1[P@](Cl)C[P@]2Cl. The van der Waals surface area contributed by atoms with Gasteiger partial charge in [-0.05, 0) is 12.1 Å². The molecule has 88 valence electrons. The van der Waals surface area contributed by atoms with Gasteiger partial charge in [0.25, 0.3) is 11.1 Å². The summed E-state index contributed by atoms with van der Waals surface area (Å²) >= 11 is 12.2. The largest absolute Gasteiger partial charge is 0.278 e. The standard InChI is InChI=1S/C9H6Cl2N2O2P2/c10-16-5-17(11)13-9(15)7-4-2-1-3-6(7)8(14)12(13)16/h1-4H,5H2/t16-,17+. The van der Waals surface area contributed by atoms with E-state index in [0.29, 0.717) is 16.7 Å². The lowest BCUT2D eigenvalue weighted by Gasteiger charge is -2.09. The number of rotatable bonds is 0. The van der Waals surface area contributed by atoms with Crippen LogP contribution in [0.4, 0.5) is 0 Å². The van der Waals surface area contributed by atoms with Crippen molar-refractivity contribution in [2.24, 2.45) is 0 Å². The highest BCUT2D eigenvalue weighted by Gasteiger charge is 2.31. The molecule has 4 nitrogen and oxygen atoms in total. The van der Waals surface area contributed by atoms with Crippen LogP contribution in [-0.4, -0.2) is 14.8 Å². The van der Waals surface area contributed by atoms with Gasteiger partial charge in [-0.2, -0.15) is 0 Å². The van der Waals surface area contributed by atoms with E-state index in [-0.39, 0.29) is 11.1 Å². The van der Waals surface area contributed by atoms with Crippen LogP contribution >= 0.6 is 37.3 Å². The number of hydrogen-bond acceptors (Lipinski definition) is 2. The molecule has 2 heterocycles. The molecule has 0 fully saturated rings. The fourth-order valence-corrected chi connectivity index (χ4v) is 8.70. The minimum atomic E-state index is -1.19. The van der Waals surface area contributed by atoms with E-state index in [4.69, 9.17) is 22.5 Å². The summed E-state index contributed by atoms with van der Waals surface area (Å²) in [7, 11) is -2.39. The molecule has 1 aromatic heterocycles. The Bertz CT molecular complexity index is 666. The minimum absolute atomic E-state index is 0.230. The number of nitrogens with zero attached hydrogens (tertiary/aromatic N) is 2. The summed E-state index contributed by atoms with van der Waals surface area (Å²) < 4.78 is 2.67. The van der Waals surface area contributed by atoms with E-state index in [1.54, 1.807) is 24.3 Å². The summed E-state index contributed by atoms with van der Waals surface area (Å²) in [5.74, 6) is 0.499. The van der Waals surface area contributed by atoms with Gasteiger partial charge in [-0.3, -0.25) is 9.59 Å². The van der Waals surface area contributed by atoms with Crippen LogP contribution in [0.25, 0.3) is 10.8 Å². The molecule has 0 spiro atoms. The number of benzene rings is 1. The van der Waals surface area contributed by atoms with Crippen LogP contribution in [-0.2, 0) is 0 Å². The molecular formula is C9H6Cl2N2O2P2.